The number of esters is 1. The van der Waals surface area contributed by atoms with Gasteiger partial charge in [0.25, 0.3) is 0 Å². The van der Waals surface area contributed by atoms with E-state index in [1.54, 1.807) is 0 Å². The number of hydrogen-bond donors (Lipinski definition) is 3. The SMILES string of the molecule is CC(=O)O[C@H](CC[C@@H](O)[C@]1(C)CC[C@H]([C@@](C)(O)CCC=C(C)C)O1)[C@@]1(C)CC[C@H]([C@@](C)(O)CCC=C(C)C)O1. The molecule has 0 unspecified atom stereocenters. The minimum atomic E-state index is -0.993. The van der Waals surface area contributed by atoms with E-state index < -0.39 is 40.6 Å². The number of hydrogen-bond acceptors (Lipinski definition) is 7. The van der Waals surface area contributed by atoms with Crippen molar-refractivity contribution in [2.24, 2.45) is 0 Å². The Morgan fingerprint density at radius 1 is 0.872 bits per heavy atom. The van der Waals surface area contributed by atoms with E-state index in [4.69, 9.17) is 14.2 Å². The van der Waals surface area contributed by atoms with Gasteiger partial charge in [0.2, 0.25) is 0 Å². The molecule has 2 heterocycles. The second kappa shape index (κ2) is 13.6. The van der Waals surface area contributed by atoms with Crippen LogP contribution in [0, 0.1) is 0 Å². The Morgan fingerprint density at radius 2 is 1.31 bits per heavy atom. The van der Waals surface area contributed by atoms with E-state index in [0.717, 1.165) is 12.8 Å². The Labute approximate surface area is 237 Å². The average molecular weight is 553 g/mol. The molecule has 2 aliphatic heterocycles. The third kappa shape index (κ3) is 9.67. The first-order chi connectivity index (χ1) is 17.9. The summed E-state index contributed by atoms with van der Waals surface area (Å²) in [5, 5.41) is 33.5. The number of aliphatic hydroxyl groups excluding tert-OH is 1. The number of ether oxygens (including phenoxy) is 3. The number of carbonyl (C=O) groups is 1. The van der Waals surface area contributed by atoms with Crippen LogP contribution in [0.15, 0.2) is 23.3 Å². The summed E-state index contributed by atoms with van der Waals surface area (Å²) < 4.78 is 18.5. The first-order valence-electron chi connectivity index (χ1n) is 14.8. The molecule has 7 nitrogen and oxygen atoms in total. The minimum absolute atomic E-state index is 0.350. The summed E-state index contributed by atoms with van der Waals surface area (Å²) in [6.07, 6.45) is 8.31. The predicted molar refractivity (Wildman–Crippen MR) is 154 cm³/mol. The molecule has 226 valence electrons. The highest BCUT2D eigenvalue weighted by Crippen LogP contribution is 2.43. The molecule has 0 bridgehead atoms. The van der Waals surface area contributed by atoms with Crippen LogP contribution in [0.5, 0.6) is 0 Å². The van der Waals surface area contributed by atoms with Crippen molar-refractivity contribution in [1.29, 1.82) is 0 Å². The molecule has 2 saturated heterocycles. The Bertz CT molecular complexity index is 868. The number of allylic oxidation sites excluding steroid dienone is 4. The van der Waals surface area contributed by atoms with Crippen LogP contribution in [0.1, 0.15) is 127 Å². The fraction of sp³-hybridized carbons (Fsp3) is 0.844. The second-order valence-electron chi connectivity index (χ2n) is 13.5. The zero-order valence-electron chi connectivity index (χ0n) is 26.0. The molecule has 0 aromatic rings. The summed E-state index contributed by atoms with van der Waals surface area (Å²) in [6, 6.07) is 0. The van der Waals surface area contributed by atoms with Crippen molar-refractivity contribution in [1.82, 2.24) is 0 Å². The van der Waals surface area contributed by atoms with E-state index in [1.807, 2.05) is 55.4 Å². The molecule has 2 aliphatic rings. The Kier molecular flexibility index (Phi) is 11.8. The predicted octanol–water partition coefficient (Wildman–Crippen LogP) is 5.93. The van der Waals surface area contributed by atoms with Crippen molar-refractivity contribution in [3.63, 3.8) is 0 Å². The monoisotopic (exact) mass is 552 g/mol. The maximum absolute atomic E-state index is 12.0. The van der Waals surface area contributed by atoms with Crippen LogP contribution in [0.2, 0.25) is 0 Å². The van der Waals surface area contributed by atoms with Crippen molar-refractivity contribution in [3.05, 3.63) is 23.3 Å². The van der Waals surface area contributed by atoms with Gasteiger partial charge in [-0.15, -0.1) is 0 Å². The molecule has 7 heteroatoms. The van der Waals surface area contributed by atoms with Gasteiger partial charge in [0.1, 0.15) is 11.7 Å². The van der Waals surface area contributed by atoms with Crippen LogP contribution >= 0.6 is 0 Å². The fourth-order valence-electron chi connectivity index (χ4n) is 6.01. The Morgan fingerprint density at radius 3 is 1.74 bits per heavy atom. The molecule has 0 radical (unpaired) electrons. The molecule has 39 heavy (non-hydrogen) atoms. The standard InChI is InChI=1S/C32H56O7/c1-22(2)12-10-18-29(6,35)26-16-20-31(8,38-26)25(34)14-15-28(37-24(5)33)32(9)21-17-27(39-32)30(7,36)19-11-13-23(3)4/h12-13,25-28,34-36H,10-11,14-21H2,1-9H3/t25-,26-,27-,28-,29+,30+,31+,32-/m1/s1. The van der Waals surface area contributed by atoms with Crippen LogP contribution in [0.3, 0.4) is 0 Å². The van der Waals surface area contributed by atoms with E-state index in [9.17, 15) is 20.1 Å². The summed E-state index contributed by atoms with van der Waals surface area (Å²) in [5.74, 6) is -0.395. The largest absolute Gasteiger partial charge is 0.459 e. The molecule has 0 saturated carbocycles. The molecule has 0 aromatic carbocycles. The van der Waals surface area contributed by atoms with Crippen molar-refractivity contribution in [2.45, 2.75) is 173 Å². The van der Waals surface area contributed by atoms with Crippen molar-refractivity contribution in [3.8, 4) is 0 Å². The number of rotatable bonds is 14. The molecule has 3 N–H and O–H groups in total. The summed E-state index contributed by atoms with van der Waals surface area (Å²) in [6.45, 7) is 17.0. The van der Waals surface area contributed by atoms with Crippen LogP contribution in [-0.4, -0.2) is 68.1 Å². The fourth-order valence-corrected chi connectivity index (χ4v) is 6.01. The van der Waals surface area contributed by atoms with Crippen LogP contribution in [-0.2, 0) is 19.0 Å². The molecule has 2 rings (SSSR count). The zero-order chi connectivity index (χ0) is 29.6. The lowest BCUT2D eigenvalue weighted by Crippen LogP contribution is -2.48. The van der Waals surface area contributed by atoms with Gasteiger partial charge >= 0.3 is 5.97 Å². The van der Waals surface area contributed by atoms with Crippen LogP contribution < -0.4 is 0 Å². The van der Waals surface area contributed by atoms with Gasteiger partial charge in [-0.25, -0.2) is 0 Å². The maximum Gasteiger partial charge on any atom is 0.303 e. The van der Waals surface area contributed by atoms with Crippen LogP contribution in [0.25, 0.3) is 0 Å². The number of aliphatic hydroxyl groups is 3. The lowest BCUT2D eigenvalue weighted by molar-refractivity contribution is -0.187. The first kappa shape index (κ1) is 34.0. The highest BCUT2D eigenvalue weighted by atomic mass is 16.6. The molecular formula is C32H56O7. The summed E-state index contributed by atoms with van der Waals surface area (Å²) in [5.41, 5.74) is -1.08. The summed E-state index contributed by atoms with van der Waals surface area (Å²) in [4.78, 5) is 12.0. The normalized spacial score (nSPS) is 31.6. The van der Waals surface area contributed by atoms with Crippen molar-refractivity contribution in [2.75, 3.05) is 0 Å². The summed E-state index contributed by atoms with van der Waals surface area (Å²) >= 11 is 0. The van der Waals surface area contributed by atoms with E-state index >= 15 is 0 Å². The quantitative estimate of drug-likeness (QED) is 0.181. The van der Waals surface area contributed by atoms with Gasteiger partial charge in [-0.3, -0.25) is 4.79 Å². The molecular weight excluding hydrogens is 496 g/mol. The lowest BCUT2D eigenvalue weighted by Gasteiger charge is -2.38. The number of carbonyl (C=O) groups excluding carboxylic acids is 1. The molecule has 0 spiro atoms. The van der Waals surface area contributed by atoms with Gasteiger partial charge in [-0.05, 0) is 120 Å². The Balaban J connectivity index is 2.02. The molecule has 0 amide bonds. The molecule has 2 fully saturated rings. The lowest BCUT2D eigenvalue weighted by atomic mass is 9.86. The highest BCUT2D eigenvalue weighted by Gasteiger charge is 2.51. The van der Waals surface area contributed by atoms with E-state index in [-0.39, 0.29) is 12.2 Å². The Hall–Kier alpha value is -1.25. The van der Waals surface area contributed by atoms with Crippen LogP contribution in [0.4, 0.5) is 0 Å². The van der Waals surface area contributed by atoms with Crippen molar-refractivity contribution < 1.29 is 34.3 Å². The van der Waals surface area contributed by atoms with E-state index in [0.29, 0.717) is 51.4 Å². The van der Waals surface area contributed by atoms with E-state index in [2.05, 4.69) is 12.2 Å². The van der Waals surface area contributed by atoms with Gasteiger partial charge in [0, 0.05) is 6.92 Å². The third-order valence-corrected chi connectivity index (χ3v) is 8.82. The van der Waals surface area contributed by atoms with Gasteiger partial charge in [-0.2, -0.15) is 0 Å². The molecule has 0 aliphatic carbocycles. The topological polar surface area (TPSA) is 105 Å². The van der Waals surface area contributed by atoms with Gasteiger partial charge in [-0.1, -0.05) is 23.3 Å². The summed E-state index contributed by atoms with van der Waals surface area (Å²) in [7, 11) is 0. The van der Waals surface area contributed by atoms with Gasteiger partial charge < -0.3 is 29.5 Å². The highest BCUT2D eigenvalue weighted by molar-refractivity contribution is 5.66. The second-order valence-corrected chi connectivity index (χ2v) is 13.5. The van der Waals surface area contributed by atoms with E-state index in [1.165, 1.54) is 18.1 Å². The van der Waals surface area contributed by atoms with Crippen molar-refractivity contribution >= 4 is 5.97 Å². The smallest absolute Gasteiger partial charge is 0.303 e. The zero-order valence-corrected chi connectivity index (χ0v) is 26.0. The van der Waals surface area contributed by atoms with Gasteiger partial charge in [0.15, 0.2) is 0 Å². The third-order valence-electron chi connectivity index (χ3n) is 8.82. The van der Waals surface area contributed by atoms with Gasteiger partial charge in [0.05, 0.1) is 35.1 Å². The molecule has 0 aromatic heterocycles. The average Bonchev–Trinajstić information content (AvgIpc) is 3.41. The minimum Gasteiger partial charge on any atom is -0.459 e. The first-order valence-corrected chi connectivity index (χ1v) is 14.8. The molecule has 8 atom stereocenters. The maximum atomic E-state index is 12.0.